The number of carboxylic acid groups (broad SMARTS) is 1. The number of nitrogens with one attached hydrogen (secondary N) is 1. The monoisotopic (exact) mass is 464 g/mol. The first-order valence-corrected chi connectivity index (χ1v) is 11.7. The molecule has 1 heterocycles. The summed E-state index contributed by atoms with van der Waals surface area (Å²) in [4.78, 5) is 25.8. The van der Waals surface area contributed by atoms with Gasteiger partial charge in [0.25, 0.3) is 5.91 Å². The van der Waals surface area contributed by atoms with Crippen molar-refractivity contribution in [2.75, 3.05) is 6.61 Å². The summed E-state index contributed by atoms with van der Waals surface area (Å²) < 4.78 is 14.8. The molecule has 0 saturated carbocycles. The zero-order valence-electron chi connectivity index (χ0n) is 20.8. The van der Waals surface area contributed by atoms with Crippen LogP contribution in [0.25, 0.3) is 11.1 Å². The van der Waals surface area contributed by atoms with Crippen LogP contribution in [-0.2, 0) is 11.3 Å². The lowest BCUT2D eigenvalue weighted by molar-refractivity contribution is -0.137. The normalized spacial score (nSPS) is 13.1. The van der Waals surface area contributed by atoms with Crippen LogP contribution in [0.5, 0.6) is 5.75 Å². The number of unbranched alkanes of at least 4 members (excludes halogenated alkanes) is 2. The Morgan fingerprint density at radius 1 is 1.12 bits per heavy atom. The van der Waals surface area contributed by atoms with E-state index >= 15 is 0 Å². The number of carboxylic acids is 1. The van der Waals surface area contributed by atoms with E-state index in [1.165, 1.54) is 0 Å². The minimum absolute atomic E-state index is 0.163. The minimum Gasteiger partial charge on any atom is -0.493 e. The third kappa shape index (κ3) is 6.94. The second-order valence-corrected chi connectivity index (χ2v) is 8.21. The second-order valence-electron chi connectivity index (χ2n) is 8.21. The van der Waals surface area contributed by atoms with Gasteiger partial charge in [-0.2, -0.15) is 5.10 Å². The number of carbonyl (C=O) groups is 2. The van der Waals surface area contributed by atoms with Gasteiger partial charge in [-0.25, -0.2) is 0 Å². The molecule has 2 N–H and O–H groups in total. The number of rotatable bonds is 13. The highest BCUT2D eigenvalue weighted by Crippen LogP contribution is 2.24. The van der Waals surface area contributed by atoms with E-state index in [0.717, 1.165) is 29.5 Å². The predicted molar refractivity (Wildman–Crippen MR) is 132 cm³/mol. The molecule has 0 spiro atoms. The molecule has 1 amide bonds. The highest BCUT2D eigenvalue weighted by atomic mass is 16.5. The summed E-state index contributed by atoms with van der Waals surface area (Å²) in [6, 6.07) is 13.8. The first-order valence-electron chi connectivity index (χ1n) is 12.2. The average Bonchev–Trinajstić information content (AvgIpc) is 3.40. The maximum atomic E-state index is 13.5. The molecule has 7 heteroatoms. The van der Waals surface area contributed by atoms with Crippen LogP contribution in [-0.4, -0.2) is 44.7 Å². The van der Waals surface area contributed by atoms with Crippen LogP contribution < -0.4 is 4.74 Å². The maximum absolute atomic E-state index is 13.5. The lowest BCUT2D eigenvalue weighted by atomic mass is 10.0. The first-order chi connectivity index (χ1) is 16.8. The van der Waals surface area contributed by atoms with Gasteiger partial charge in [0.15, 0.2) is 0 Å². The fourth-order valence-corrected chi connectivity index (χ4v) is 3.62. The van der Waals surface area contributed by atoms with Gasteiger partial charge in [-0.15, -0.1) is 0 Å². The number of aliphatic carboxylic acids is 1. The predicted octanol–water partition coefficient (Wildman–Crippen LogP) is 5.54. The number of aromatic amines is 1. The quantitative estimate of drug-likeness (QED) is 0.324. The van der Waals surface area contributed by atoms with Crippen LogP contribution in [0.2, 0.25) is 0 Å². The van der Waals surface area contributed by atoms with Crippen molar-refractivity contribution in [2.24, 2.45) is 0 Å². The van der Waals surface area contributed by atoms with Crippen molar-refractivity contribution in [3.63, 3.8) is 0 Å². The summed E-state index contributed by atoms with van der Waals surface area (Å²) in [6.45, 7) is 4.35. The number of amides is 1. The van der Waals surface area contributed by atoms with E-state index in [1.807, 2.05) is 43.3 Å². The number of nitrogens with zero attached hydrogens (tertiary/aromatic N) is 2. The van der Waals surface area contributed by atoms with Gasteiger partial charge in [-0.05, 0) is 56.4 Å². The molecule has 7 nitrogen and oxygen atoms in total. The number of hydrogen-bond donors (Lipinski definition) is 2. The molecule has 0 aliphatic heterocycles. The summed E-state index contributed by atoms with van der Waals surface area (Å²) in [5, 5.41) is 15.5. The number of aromatic nitrogens is 2. The van der Waals surface area contributed by atoms with Gasteiger partial charge in [0, 0.05) is 41.9 Å². The molecule has 0 saturated heterocycles. The molecule has 0 fully saturated rings. The van der Waals surface area contributed by atoms with Gasteiger partial charge >= 0.3 is 5.97 Å². The molecule has 0 bridgehead atoms. The van der Waals surface area contributed by atoms with Gasteiger partial charge in [0.05, 0.1) is 14.2 Å². The molecule has 34 heavy (non-hydrogen) atoms. The number of H-pyrrole nitrogens is 1. The largest absolute Gasteiger partial charge is 0.493 e. The number of para-hydroxylation sites is 1. The lowest BCUT2D eigenvalue weighted by Crippen LogP contribution is -2.37. The zero-order valence-corrected chi connectivity index (χ0v) is 19.8. The van der Waals surface area contributed by atoms with Gasteiger partial charge in [-0.1, -0.05) is 37.3 Å². The fraction of sp³-hybridized carbons (Fsp3) is 0.370. The van der Waals surface area contributed by atoms with Crippen LogP contribution in [0, 0.1) is 0 Å². The van der Waals surface area contributed by atoms with Crippen molar-refractivity contribution in [2.45, 2.75) is 58.5 Å². The lowest BCUT2D eigenvalue weighted by Gasteiger charge is -2.29. The summed E-state index contributed by atoms with van der Waals surface area (Å²) in [5.74, 6) is -0.330. The van der Waals surface area contributed by atoms with E-state index in [2.05, 4.69) is 10.2 Å². The van der Waals surface area contributed by atoms with Crippen molar-refractivity contribution < 1.29 is 20.8 Å². The van der Waals surface area contributed by atoms with E-state index in [1.54, 1.807) is 36.4 Å². The number of ether oxygens (including phenoxy) is 1. The van der Waals surface area contributed by atoms with Crippen LogP contribution >= 0.6 is 0 Å². The molecule has 0 radical (unpaired) electrons. The zero-order chi connectivity index (χ0) is 25.3. The smallest absolute Gasteiger partial charge is 0.303 e. The van der Waals surface area contributed by atoms with E-state index in [-0.39, 0.29) is 18.9 Å². The molecule has 0 aliphatic rings. The molecule has 3 aromatic rings. The molecular weight excluding hydrogens is 430 g/mol. The summed E-state index contributed by atoms with van der Waals surface area (Å²) in [7, 11) is 0. The Hall–Kier alpha value is -3.61. The molecule has 1 atom stereocenters. The standard InChI is InChI=1S/C27H33N3O4/c1-3-20(2)30(27(33)22-14-12-21(13-15-22)24-17-28-29-18-24)19-23-9-6-7-10-25(23)34-16-8-4-5-11-26(31)32/h6-7,9-10,12-15,17-18,20H,3-5,8,11,16,19H2,1-2H3,(H,28,29)(H,31,32)/i20D. The highest BCUT2D eigenvalue weighted by molar-refractivity contribution is 5.95. The van der Waals surface area contributed by atoms with Crippen molar-refractivity contribution in [1.82, 2.24) is 15.1 Å². The Bertz CT molecular complexity index is 1100. The van der Waals surface area contributed by atoms with Gasteiger partial charge in [-0.3, -0.25) is 14.7 Å². The summed E-state index contributed by atoms with van der Waals surface area (Å²) >= 11 is 0. The fourth-order valence-electron chi connectivity index (χ4n) is 3.62. The Morgan fingerprint density at radius 2 is 1.88 bits per heavy atom. The van der Waals surface area contributed by atoms with Crippen LogP contribution in [0.3, 0.4) is 0 Å². The summed E-state index contributed by atoms with van der Waals surface area (Å²) in [6.07, 6.45) is 6.30. The molecule has 2 aromatic carbocycles. The summed E-state index contributed by atoms with van der Waals surface area (Å²) in [5.41, 5.74) is 3.23. The van der Waals surface area contributed by atoms with Crippen LogP contribution in [0.15, 0.2) is 60.9 Å². The Labute approximate surface area is 202 Å². The van der Waals surface area contributed by atoms with Crippen LogP contribution in [0.1, 0.15) is 63.2 Å². The minimum atomic E-state index is -1.11. The Kier molecular flexibility index (Phi) is 8.71. The van der Waals surface area contributed by atoms with Crippen molar-refractivity contribution in [1.29, 1.82) is 0 Å². The first kappa shape index (κ1) is 23.5. The molecule has 1 aromatic heterocycles. The molecule has 1 unspecified atom stereocenters. The molecule has 180 valence electrons. The van der Waals surface area contributed by atoms with Gasteiger partial charge < -0.3 is 14.7 Å². The number of hydrogen-bond acceptors (Lipinski definition) is 4. The maximum Gasteiger partial charge on any atom is 0.303 e. The Morgan fingerprint density at radius 3 is 2.56 bits per heavy atom. The van der Waals surface area contributed by atoms with E-state index < -0.39 is 12.0 Å². The van der Waals surface area contributed by atoms with Crippen molar-refractivity contribution >= 4 is 11.9 Å². The third-order valence-corrected chi connectivity index (χ3v) is 5.77. The molecule has 3 rings (SSSR count). The van der Waals surface area contributed by atoms with E-state index in [0.29, 0.717) is 30.8 Å². The van der Waals surface area contributed by atoms with Crippen molar-refractivity contribution in [3.8, 4) is 16.9 Å². The molecule has 0 aliphatic carbocycles. The topological polar surface area (TPSA) is 95.5 Å². The average molecular weight is 465 g/mol. The molecular formula is C27H33N3O4. The number of benzene rings is 2. The second kappa shape index (κ2) is 12.6. The third-order valence-electron chi connectivity index (χ3n) is 5.77. The highest BCUT2D eigenvalue weighted by Gasteiger charge is 2.22. The Balaban J connectivity index is 1.73. The van der Waals surface area contributed by atoms with Crippen LogP contribution in [0.4, 0.5) is 0 Å². The van der Waals surface area contributed by atoms with Crippen molar-refractivity contribution in [3.05, 3.63) is 72.1 Å². The SMILES string of the molecule is [2H]C(C)(CC)N(Cc1ccccc1OCCCCCC(=O)O)C(=O)c1ccc(-c2cn[nH]c2)cc1. The van der Waals surface area contributed by atoms with E-state index in [9.17, 15) is 9.59 Å². The van der Waals surface area contributed by atoms with E-state index in [4.69, 9.17) is 11.2 Å². The van der Waals surface area contributed by atoms with Gasteiger partial charge in [0.1, 0.15) is 5.75 Å². The number of carbonyl (C=O) groups excluding carboxylic acids is 1. The van der Waals surface area contributed by atoms with Gasteiger partial charge in [0.2, 0.25) is 0 Å².